The zero-order valence-corrected chi connectivity index (χ0v) is 13.1. The molecule has 1 aromatic carbocycles. The molecule has 0 radical (unpaired) electrons. The summed E-state index contributed by atoms with van der Waals surface area (Å²) in [4.78, 5) is 0. The van der Waals surface area contributed by atoms with Crippen LogP contribution in [0.2, 0.25) is 0 Å². The van der Waals surface area contributed by atoms with Gasteiger partial charge in [-0.15, -0.1) is 13.2 Å². The highest BCUT2D eigenvalue weighted by molar-refractivity contribution is 5.43. The van der Waals surface area contributed by atoms with Gasteiger partial charge in [-0.2, -0.15) is 0 Å². The van der Waals surface area contributed by atoms with Crippen molar-refractivity contribution < 1.29 is 17.9 Å². The van der Waals surface area contributed by atoms with E-state index in [1.807, 2.05) is 6.92 Å². The molecule has 1 aliphatic rings. The summed E-state index contributed by atoms with van der Waals surface area (Å²) in [6.07, 6.45) is 5.18. The maximum Gasteiger partial charge on any atom is 0.573 e. The van der Waals surface area contributed by atoms with E-state index in [-0.39, 0.29) is 5.75 Å². The molecule has 0 amide bonds. The van der Waals surface area contributed by atoms with Crippen molar-refractivity contribution in [3.8, 4) is 5.75 Å². The Kier molecular flexibility index (Phi) is 7.06. The fourth-order valence-electron chi connectivity index (χ4n) is 2.58. The molecule has 0 aromatic heterocycles. The molecular weight excluding hydrogens is 277 g/mol. The second kappa shape index (κ2) is 8.30. The largest absolute Gasteiger partial charge is 0.573 e. The third-order valence-corrected chi connectivity index (χ3v) is 3.65. The molecule has 120 valence electrons. The topological polar surface area (TPSA) is 9.23 Å². The lowest BCUT2D eigenvalue weighted by molar-refractivity contribution is -0.275. The van der Waals surface area contributed by atoms with E-state index < -0.39 is 6.36 Å². The van der Waals surface area contributed by atoms with Gasteiger partial charge in [-0.1, -0.05) is 57.6 Å². The Labute approximate surface area is 125 Å². The van der Waals surface area contributed by atoms with Crippen molar-refractivity contribution in [2.24, 2.45) is 0 Å². The molecule has 0 unspecified atom stereocenters. The van der Waals surface area contributed by atoms with Crippen LogP contribution in [0.15, 0.2) is 12.1 Å². The van der Waals surface area contributed by atoms with Crippen molar-refractivity contribution in [1.82, 2.24) is 0 Å². The number of hydrogen-bond donors (Lipinski definition) is 0. The molecule has 2 rings (SSSR count). The van der Waals surface area contributed by atoms with Crippen LogP contribution < -0.4 is 4.74 Å². The summed E-state index contributed by atoms with van der Waals surface area (Å²) in [5, 5.41) is 0. The minimum Gasteiger partial charge on any atom is -0.405 e. The Bertz CT molecular complexity index is 400. The lowest BCUT2D eigenvalue weighted by Crippen LogP contribution is -2.18. The maximum absolute atomic E-state index is 12.1. The standard InChI is InChI=1S/C11H13F3O.C6H12/c1-4-9-5-7(2)10(8(3)6-9)15-11(12,13)14;1-2-4-6-5-3-1/h5-6H,4H2,1-3H3;1-6H2. The van der Waals surface area contributed by atoms with E-state index in [0.29, 0.717) is 11.1 Å². The van der Waals surface area contributed by atoms with Crippen LogP contribution in [-0.4, -0.2) is 6.36 Å². The summed E-state index contributed by atoms with van der Waals surface area (Å²) >= 11 is 0. The van der Waals surface area contributed by atoms with Crippen molar-refractivity contribution in [3.63, 3.8) is 0 Å². The fourth-order valence-corrected chi connectivity index (χ4v) is 2.58. The molecule has 0 spiro atoms. The first-order valence-corrected chi connectivity index (χ1v) is 7.69. The van der Waals surface area contributed by atoms with Crippen LogP contribution in [-0.2, 0) is 6.42 Å². The van der Waals surface area contributed by atoms with Crippen molar-refractivity contribution in [3.05, 3.63) is 28.8 Å². The van der Waals surface area contributed by atoms with Gasteiger partial charge < -0.3 is 4.74 Å². The molecule has 0 bridgehead atoms. The van der Waals surface area contributed by atoms with Gasteiger partial charge in [-0.05, 0) is 37.0 Å². The smallest absolute Gasteiger partial charge is 0.405 e. The molecule has 1 nitrogen and oxygen atoms in total. The van der Waals surface area contributed by atoms with Gasteiger partial charge in [0.1, 0.15) is 5.75 Å². The second-order valence-corrected chi connectivity index (χ2v) is 5.58. The molecule has 4 heteroatoms. The Morgan fingerprint density at radius 1 is 0.905 bits per heavy atom. The van der Waals surface area contributed by atoms with E-state index in [0.717, 1.165) is 12.0 Å². The predicted molar refractivity (Wildman–Crippen MR) is 79.7 cm³/mol. The lowest BCUT2D eigenvalue weighted by atomic mass is 10.0. The minimum atomic E-state index is -4.62. The normalized spacial score (nSPS) is 15.1. The van der Waals surface area contributed by atoms with Gasteiger partial charge >= 0.3 is 6.36 Å². The fraction of sp³-hybridized carbons (Fsp3) is 0.647. The van der Waals surface area contributed by atoms with Crippen LogP contribution in [0.25, 0.3) is 0 Å². The van der Waals surface area contributed by atoms with E-state index in [4.69, 9.17) is 0 Å². The van der Waals surface area contributed by atoms with Gasteiger partial charge in [0.2, 0.25) is 0 Å². The quantitative estimate of drug-likeness (QED) is 0.641. The van der Waals surface area contributed by atoms with E-state index in [1.54, 1.807) is 26.0 Å². The van der Waals surface area contributed by atoms with Crippen LogP contribution in [0.3, 0.4) is 0 Å². The van der Waals surface area contributed by atoms with Crippen molar-refractivity contribution >= 4 is 0 Å². The van der Waals surface area contributed by atoms with Gasteiger partial charge in [0.05, 0.1) is 0 Å². The van der Waals surface area contributed by atoms with Crippen LogP contribution in [0, 0.1) is 13.8 Å². The van der Waals surface area contributed by atoms with Crippen LogP contribution in [0.4, 0.5) is 13.2 Å². The Morgan fingerprint density at radius 3 is 1.57 bits per heavy atom. The molecule has 0 atom stereocenters. The van der Waals surface area contributed by atoms with E-state index in [2.05, 4.69) is 4.74 Å². The van der Waals surface area contributed by atoms with Crippen LogP contribution >= 0.6 is 0 Å². The number of halogens is 3. The minimum absolute atomic E-state index is 0.0836. The summed E-state index contributed by atoms with van der Waals surface area (Å²) in [6.45, 7) is 5.19. The second-order valence-electron chi connectivity index (χ2n) is 5.58. The molecule has 1 aromatic rings. The van der Waals surface area contributed by atoms with Gasteiger partial charge in [0.25, 0.3) is 0 Å². The summed E-state index contributed by atoms with van der Waals surface area (Å²) in [5.41, 5.74) is 2.05. The summed E-state index contributed by atoms with van der Waals surface area (Å²) in [5.74, 6) is -0.0836. The highest BCUT2D eigenvalue weighted by Crippen LogP contribution is 2.30. The molecule has 1 fully saturated rings. The highest BCUT2D eigenvalue weighted by Gasteiger charge is 2.32. The number of benzene rings is 1. The highest BCUT2D eigenvalue weighted by atomic mass is 19.4. The number of rotatable bonds is 2. The first kappa shape index (κ1) is 17.9. The molecular formula is C17H25F3O. The third-order valence-electron chi connectivity index (χ3n) is 3.65. The molecule has 0 heterocycles. The SMILES string of the molecule is C1CCCCC1.CCc1cc(C)c(OC(F)(F)F)c(C)c1. The monoisotopic (exact) mass is 302 g/mol. The predicted octanol–water partition coefficient (Wildman–Crippen LogP) is 6.11. The molecule has 1 saturated carbocycles. The van der Waals surface area contributed by atoms with Crippen molar-refractivity contribution in [2.45, 2.75) is 72.1 Å². The Hall–Kier alpha value is -1.19. The number of alkyl halides is 3. The van der Waals surface area contributed by atoms with Gasteiger partial charge in [-0.3, -0.25) is 0 Å². The molecule has 21 heavy (non-hydrogen) atoms. The average Bonchev–Trinajstić information content (AvgIpc) is 2.44. The van der Waals surface area contributed by atoms with Crippen LogP contribution in [0.1, 0.15) is 62.1 Å². The molecule has 0 aliphatic heterocycles. The average molecular weight is 302 g/mol. The van der Waals surface area contributed by atoms with Gasteiger partial charge in [0, 0.05) is 0 Å². The summed E-state index contributed by atoms with van der Waals surface area (Å²) < 4.78 is 40.1. The first-order chi connectivity index (χ1) is 9.83. The van der Waals surface area contributed by atoms with E-state index in [1.165, 1.54) is 38.5 Å². The van der Waals surface area contributed by atoms with Crippen molar-refractivity contribution in [1.29, 1.82) is 0 Å². The Morgan fingerprint density at radius 2 is 1.29 bits per heavy atom. The summed E-state index contributed by atoms with van der Waals surface area (Å²) in [7, 11) is 0. The van der Waals surface area contributed by atoms with E-state index >= 15 is 0 Å². The zero-order valence-electron chi connectivity index (χ0n) is 13.1. The lowest BCUT2D eigenvalue weighted by Gasteiger charge is -2.15. The molecule has 1 aliphatic carbocycles. The number of hydrogen-bond acceptors (Lipinski definition) is 1. The van der Waals surface area contributed by atoms with Crippen LogP contribution in [0.5, 0.6) is 5.75 Å². The number of aryl methyl sites for hydroxylation is 3. The third kappa shape index (κ3) is 6.87. The van der Waals surface area contributed by atoms with Crippen molar-refractivity contribution in [2.75, 3.05) is 0 Å². The van der Waals surface area contributed by atoms with E-state index in [9.17, 15) is 13.2 Å². The van der Waals surface area contributed by atoms with Gasteiger partial charge in [-0.25, -0.2) is 0 Å². The summed E-state index contributed by atoms with van der Waals surface area (Å²) in [6, 6.07) is 3.43. The Balaban J connectivity index is 0.000000304. The molecule has 0 saturated heterocycles. The zero-order chi connectivity index (χ0) is 15.9. The molecule has 0 N–H and O–H groups in total. The van der Waals surface area contributed by atoms with Gasteiger partial charge in [0.15, 0.2) is 0 Å². The first-order valence-electron chi connectivity index (χ1n) is 7.69. The maximum atomic E-state index is 12.1. The number of ether oxygens (including phenoxy) is 1.